The van der Waals surface area contributed by atoms with Crippen LogP contribution in [-0.4, -0.2) is 15.9 Å². The normalized spacial score (nSPS) is 9.81. The van der Waals surface area contributed by atoms with Gasteiger partial charge in [0.1, 0.15) is 0 Å². The average Bonchev–Trinajstić information content (AvgIpc) is 2.92. The van der Waals surface area contributed by atoms with Gasteiger partial charge in [0.2, 0.25) is 5.91 Å². The highest BCUT2D eigenvalue weighted by molar-refractivity contribution is 7.22. The summed E-state index contributed by atoms with van der Waals surface area (Å²) in [5.74, 6) is -0.0768. The molecule has 0 radical (unpaired) electrons. The van der Waals surface area contributed by atoms with Crippen LogP contribution in [0.3, 0.4) is 0 Å². The summed E-state index contributed by atoms with van der Waals surface area (Å²) in [5.41, 5.74) is 1.80. The van der Waals surface area contributed by atoms with Gasteiger partial charge in [-0.15, -0.1) is 0 Å². The minimum atomic E-state index is -0.0768. The number of fused-ring (bicyclic) bond motifs is 1. The second-order valence-electron chi connectivity index (χ2n) is 4.07. The number of hydrogen-bond acceptors (Lipinski definition) is 4. The SMILES string of the molecule is CC.O=C(Cc1cccnc1)Nc1nc2ccccc2s1. The van der Waals surface area contributed by atoms with Gasteiger partial charge in [0, 0.05) is 12.4 Å². The minimum absolute atomic E-state index is 0.0768. The number of pyridine rings is 1. The van der Waals surface area contributed by atoms with Gasteiger partial charge >= 0.3 is 0 Å². The van der Waals surface area contributed by atoms with E-state index < -0.39 is 0 Å². The first-order valence-corrected chi connectivity index (χ1v) is 7.67. The van der Waals surface area contributed by atoms with E-state index in [1.165, 1.54) is 11.3 Å². The first kappa shape index (κ1) is 15.1. The zero-order valence-electron chi connectivity index (χ0n) is 12.0. The lowest BCUT2D eigenvalue weighted by atomic mass is 10.2. The zero-order chi connectivity index (χ0) is 15.1. The molecule has 1 N–H and O–H groups in total. The Balaban J connectivity index is 0.000000774. The van der Waals surface area contributed by atoms with Crippen LogP contribution in [0, 0.1) is 0 Å². The van der Waals surface area contributed by atoms with E-state index in [-0.39, 0.29) is 5.91 Å². The molecule has 0 bridgehead atoms. The van der Waals surface area contributed by atoms with Gasteiger partial charge in [0.25, 0.3) is 0 Å². The second kappa shape index (κ2) is 7.50. The standard InChI is InChI=1S/C14H11N3OS.C2H6/c18-13(8-10-4-3-7-15-9-10)17-14-16-11-5-1-2-6-12(11)19-14;1-2/h1-7,9H,8H2,(H,16,17,18);1-2H3. The molecule has 0 fully saturated rings. The molecule has 21 heavy (non-hydrogen) atoms. The Bertz CT molecular complexity index is 677. The summed E-state index contributed by atoms with van der Waals surface area (Å²) in [6, 6.07) is 11.5. The summed E-state index contributed by atoms with van der Waals surface area (Å²) >= 11 is 1.48. The van der Waals surface area contributed by atoms with Crippen LogP contribution < -0.4 is 5.32 Å². The second-order valence-corrected chi connectivity index (χ2v) is 5.10. The number of para-hydroxylation sites is 1. The number of benzene rings is 1. The quantitative estimate of drug-likeness (QED) is 0.798. The molecule has 3 rings (SSSR count). The van der Waals surface area contributed by atoms with E-state index in [1.54, 1.807) is 12.4 Å². The van der Waals surface area contributed by atoms with Crippen molar-refractivity contribution in [3.05, 3.63) is 54.4 Å². The van der Waals surface area contributed by atoms with E-state index in [0.717, 1.165) is 15.8 Å². The number of hydrogen-bond donors (Lipinski definition) is 1. The van der Waals surface area contributed by atoms with Gasteiger partial charge in [-0.2, -0.15) is 0 Å². The predicted octanol–water partition coefficient (Wildman–Crippen LogP) is 3.90. The number of carbonyl (C=O) groups excluding carboxylic acids is 1. The van der Waals surface area contributed by atoms with Gasteiger partial charge in [0.05, 0.1) is 16.6 Å². The number of nitrogens with one attached hydrogen (secondary N) is 1. The number of thiazole rings is 1. The molecule has 0 aliphatic heterocycles. The van der Waals surface area contributed by atoms with Crippen LogP contribution >= 0.6 is 11.3 Å². The Labute approximate surface area is 127 Å². The molecule has 1 aromatic carbocycles. The van der Waals surface area contributed by atoms with Crippen molar-refractivity contribution in [2.75, 3.05) is 5.32 Å². The Morgan fingerprint density at radius 1 is 1.19 bits per heavy atom. The van der Waals surface area contributed by atoms with Crippen molar-refractivity contribution in [1.29, 1.82) is 0 Å². The molecule has 108 valence electrons. The van der Waals surface area contributed by atoms with Crippen LogP contribution in [-0.2, 0) is 11.2 Å². The summed E-state index contributed by atoms with van der Waals surface area (Å²) in [6.07, 6.45) is 3.69. The monoisotopic (exact) mass is 299 g/mol. The van der Waals surface area contributed by atoms with Crippen molar-refractivity contribution in [1.82, 2.24) is 9.97 Å². The molecule has 0 aliphatic carbocycles. The highest BCUT2D eigenvalue weighted by Crippen LogP contribution is 2.25. The molecule has 1 amide bonds. The first-order chi connectivity index (χ1) is 10.3. The van der Waals surface area contributed by atoms with Crippen LogP contribution in [0.4, 0.5) is 5.13 Å². The van der Waals surface area contributed by atoms with Gasteiger partial charge in [-0.05, 0) is 23.8 Å². The summed E-state index contributed by atoms with van der Waals surface area (Å²) in [7, 11) is 0. The Hall–Kier alpha value is -2.27. The molecule has 0 saturated carbocycles. The van der Waals surface area contributed by atoms with E-state index in [4.69, 9.17) is 0 Å². The van der Waals surface area contributed by atoms with Gasteiger partial charge in [-0.1, -0.05) is 43.4 Å². The highest BCUT2D eigenvalue weighted by Gasteiger charge is 2.08. The molecular formula is C16H17N3OS. The fraction of sp³-hybridized carbons (Fsp3) is 0.188. The van der Waals surface area contributed by atoms with Crippen molar-refractivity contribution >= 4 is 32.6 Å². The molecule has 0 aliphatic rings. The van der Waals surface area contributed by atoms with Crippen LogP contribution in [0.2, 0.25) is 0 Å². The van der Waals surface area contributed by atoms with Crippen molar-refractivity contribution in [3.63, 3.8) is 0 Å². The topological polar surface area (TPSA) is 54.9 Å². The molecule has 5 heteroatoms. The Kier molecular flexibility index (Phi) is 5.40. The zero-order valence-corrected chi connectivity index (χ0v) is 12.9. The van der Waals surface area contributed by atoms with Crippen molar-refractivity contribution in [2.45, 2.75) is 20.3 Å². The molecule has 2 aromatic heterocycles. The maximum Gasteiger partial charge on any atom is 0.230 e. The lowest BCUT2D eigenvalue weighted by Crippen LogP contribution is -2.14. The first-order valence-electron chi connectivity index (χ1n) is 6.85. The number of rotatable bonds is 3. The van der Waals surface area contributed by atoms with E-state index in [2.05, 4.69) is 15.3 Å². The van der Waals surface area contributed by atoms with E-state index >= 15 is 0 Å². The third kappa shape index (κ3) is 4.10. The van der Waals surface area contributed by atoms with E-state index in [0.29, 0.717) is 11.6 Å². The highest BCUT2D eigenvalue weighted by atomic mass is 32.1. The van der Waals surface area contributed by atoms with E-state index in [1.807, 2.05) is 50.2 Å². The summed E-state index contributed by atoms with van der Waals surface area (Å²) in [6.45, 7) is 4.00. The molecule has 0 unspecified atom stereocenters. The molecule has 0 atom stereocenters. The maximum absolute atomic E-state index is 11.9. The Morgan fingerprint density at radius 3 is 2.71 bits per heavy atom. The molecule has 3 aromatic rings. The van der Waals surface area contributed by atoms with Crippen LogP contribution in [0.25, 0.3) is 10.2 Å². The molecule has 4 nitrogen and oxygen atoms in total. The molecule has 2 heterocycles. The fourth-order valence-electron chi connectivity index (χ4n) is 1.78. The minimum Gasteiger partial charge on any atom is -0.302 e. The maximum atomic E-state index is 11.9. The molecule has 0 spiro atoms. The smallest absolute Gasteiger partial charge is 0.230 e. The average molecular weight is 299 g/mol. The van der Waals surface area contributed by atoms with Gasteiger partial charge in [-0.3, -0.25) is 9.78 Å². The predicted molar refractivity (Wildman–Crippen MR) is 87.5 cm³/mol. The number of nitrogens with zero attached hydrogens (tertiary/aromatic N) is 2. The van der Waals surface area contributed by atoms with Crippen LogP contribution in [0.15, 0.2) is 48.8 Å². The number of amides is 1. The van der Waals surface area contributed by atoms with Crippen molar-refractivity contribution in [2.24, 2.45) is 0 Å². The number of anilines is 1. The lowest BCUT2D eigenvalue weighted by Gasteiger charge is -2.00. The molecular weight excluding hydrogens is 282 g/mol. The van der Waals surface area contributed by atoms with Crippen LogP contribution in [0.1, 0.15) is 19.4 Å². The van der Waals surface area contributed by atoms with Crippen LogP contribution in [0.5, 0.6) is 0 Å². The summed E-state index contributed by atoms with van der Waals surface area (Å²) in [4.78, 5) is 20.2. The third-order valence-corrected chi connectivity index (χ3v) is 3.58. The van der Waals surface area contributed by atoms with Gasteiger partial charge in [-0.25, -0.2) is 4.98 Å². The fourth-order valence-corrected chi connectivity index (χ4v) is 2.66. The van der Waals surface area contributed by atoms with Gasteiger partial charge < -0.3 is 5.32 Å². The molecule has 0 saturated heterocycles. The Morgan fingerprint density at radius 2 is 2.00 bits per heavy atom. The number of carbonyl (C=O) groups is 1. The largest absolute Gasteiger partial charge is 0.302 e. The number of aromatic nitrogens is 2. The summed E-state index contributed by atoms with van der Waals surface area (Å²) < 4.78 is 1.07. The third-order valence-electron chi connectivity index (χ3n) is 2.63. The lowest BCUT2D eigenvalue weighted by molar-refractivity contribution is -0.115. The summed E-state index contributed by atoms with van der Waals surface area (Å²) in [5, 5.41) is 3.45. The van der Waals surface area contributed by atoms with Gasteiger partial charge in [0.15, 0.2) is 5.13 Å². The van der Waals surface area contributed by atoms with E-state index in [9.17, 15) is 4.79 Å². The van der Waals surface area contributed by atoms with Crippen molar-refractivity contribution in [3.8, 4) is 0 Å². The van der Waals surface area contributed by atoms with Crippen molar-refractivity contribution < 1.29 is 4.79 Å².